The number of carbonyl (C=O) groups is 2. The van der Waals surface area contributed by atoms with Crippen LogP contribution in [0.4, 0.5) is 11.4 Å². The third-order valence-corrected chi connectivity index (χ3v) is 6.74. The smallest absolute Gasteiger partial charge is 0.300 e. The predicted octanol–water partition coefficient (Wildman–Crippen LogP) is 5.96. The Balaban J connectivity index is 1.60. The molecule has 34 heavy (non-hydrogen) atoms. The van der Waals surface area contributed by atoms with Crippen LogP contribution in [-0.2, 0) is 9.59 Å². The number of anilines is 2. The fourth-order valence-corrected chi connectivity index (χ4v) is 5.01. The lowest BCUT2D eigenvalue weighted by Gasteiger charge is -2.30. The third kappa shape index (κ3) is 4.08. The first-order chi connectivity index (χ1) is 16.5. The van der Waals surface area contributed by atoms with E-state index in [0.29, 0.717) is 16.3 Å². The highest BCUT2D eigenvalue weighted by molar-refractivity contribution is 6.51. The Morgan fingerprint density at radius 1 is 0.824 bits per heavy atom. The number of halogens is 1. The second-order valence-corrected chi connectivity index (χ2v) is 9.09. The van der Waals surface area contributed by atoms with E-state index in [-0.39, 0.29) is 11.3 Å². The van der Waals surface area contributed by atoms with Crippen molar-refractivity contribution >= 4 is 40.4 Å². The Labute approximate surface area is 203 Å². The molecule has 1 unspecified atom stereocenters. The summed E-state index contributed by atoms with van der Waals surface area (Å²) >= 11 is 6.12. The molecular formula is C28H25ClN2O3. The third-order valence-electron chi connectivity index (χ3n) is 6.51. The number of rotatable bonds is 4. The Hall–Kier alpha value is -3.57. The lowest BCUT2D eigenvalue weighted by molar-refractivity contribution is -0.132. The average molecular weight is 473 g/mol. The van der Waals surface area contributed by atoms with Crippen LogP contribution in [0.25, 0.3) is 5.76 Å². The van der Waals surface area contributed by atoms with Gasteiger partial charge in [0.05, 0.1) is 11.6 Å². The highest BCUT2D eigenvalue weighted by Gasteiger charge is 2.46. The number of benzene rings is 3. The molecule has 2 aliphatic rings. The number of amides is 1. The summed E-state index contributed by atoms with van der Waals surface area (Å²) in [6.45, 7) is 2.04. The zero-order valence-electron chi connectivity index (χ0n) is 18.7. The van der Waals surface area contributed by atoms with E-state index in [4.69, 9.17) is 11.6 Å². The van der Waals surface area contributed by atoms with Crippen LogP contribution in [0.1, 0.15) is 36.4 Å². The van der Waals surface area contributed by atoms with Gasteiger partial charge in [-0.2, -0.15) is 0 Å². The molecule has 2 fully saturated rings. The molecular weight excluding hydrogens is 448 g/mol. The van der Waals surface area contributed by atoms with Gasteiger partial charge in [0.25, 0.3) is 11.7 Å². The van der Waals surface area contributed by atoms with Crippen LogP contribution in [0.5, 0.6) is 0 Å². The van der Waals surface area contributed by atoms with E-state index in [2.05, 4.69) is 4.90 Å². The first-order valence-corrected chi connectivity index (χ1v) is 11.9. The molecule has 2 heterocycles. The maximum Gasteiger partial charge on any atom is 0.300 e. The molecule has 172 valence electrons. The molecule has 0 aliphatic carbocycles. The van der Waals surface area contributed by atoms with Gasteiger partial charge >= 0.3 is 0 Å². The second-order valence-electron chi connectivity index (χ2n) is 8.65. The molecule has 0 spiro atoms. The van der Waals surface area contributed by atoms with E-state index in [1.54, 1.807) is 24.3 Å². The Kier molecular flexibility index (Phi) is 6.12. The highest BCUT2D eigenvalue weighted by atomic mass is 35.5. The SMILES string of the molecule is O=C1C(=O)N(c2ccc(N3CCCCC3)cc2)C(c2ccccc2)/C1=C(\O)c1cccc(Cl)c1. The fraction of sp³-hybridized carbons (Fsp3) is 0.214. The number of Topliss-reactive ketones (excluding diaryl/α,β-unsaturated/α-hetero) is 1. The Bertz CT molecular complexity index is 1250. The van der Waals surface area contributed by atoms with Gasteiger partial charge in [0, 0.05) is 35.1 Å². The number of hydrogen-bond acceptors (Lipinski definition) is 4. The van der Waals surface area contributed by atoms with E-state index < -0.39 is 17.7 Å². The van der Waals surface area contributed by atoms with Gasteiger partial charge in [-0.05, 0) is 61.2 Å². The number of hydrogen-bond donors (Lipinski definition) is 1. The number of carbonyl (C=O) groups excluding carboxylic acids is 2. The molecule has 6 heteroatoms. The first-order valence-electron chi connectivity index (χ1n) is 11.5. The number of piperidine rings is 1. The van der Waals surface area contributed by atoms with Crippen LogP contribution >= 0.6 is 11.6 Å². The van der Waals surface area contributed by atoms with E-state index >= 15 is 0 Å². The molecule has 0 radical (unpaired) electrons. The lowest BCUT2D eigenvalue weighted by Crippen LogP contribution is -2.30. The predicted molar refractivity (Wildman–Crippen MR) is 135 cm³/mol. The van der Waals surface area contributed by atoms with E-state index in [1.807, 2.05) is 54.6 Å². The number of nitrogens with zero attached hydrogens (tertiary/aromatic N) is 2. The fourth-order valence-electron chi connectivity index (χ4n) is 4.82. The quantitative estimate of drug-likeness (QED) is 0.289. The normalized spacial score (nSPS) is 20.1. The van der Waals surface area contributed by atoms with Gasteiger partial charge in [-0.25, -0.2) is 0 Å². The zero-order chi connectivity index (χ0) is 23.7. The minimum Gasteiger partial charge on any atom is -0.507 e. The molecule has 3 aromatic rings. The summed E-state index contributed by atoms with van der Waals surface area (Å²) < 4.78 is 0. The van der Waals surface area contributed by atoms with Crippen LogP contribution in [-0.4, -0.2) is 29.9 Å². The van der Waals surface area contributed by atoms with Crippen molar-refractivity contribution in [2.45, 2.75) is 25.3 Å². The van der Waals surface area contributed by atoms with Crippen LogP contribution in [0.15, 0.2) is 84.4 Å². The molecule has 0 bridgehead atoms. The molecule has 5 rings (SSSR count). The van der Waals surface area contributed by atoms with Crippen LogP contribution in [0, 0.1) is 0 Å². The van der Waals surface area contributed by atoms with Gasteiger partial charge in [0.1, 0.15) is 5.76 Å². The summed E-state index contributed by atoms with van der Waals surface area (Å²) in [6.07, 6.45) is 3.60. The van der Waals surface area contributed by atoms with E-state index in [9.17, 15) is 14.7 Å². The first kappa shape index (κ1) is 22.2. The van der Waals surface area contributed by atoms with Crippen molar-refractivity contribution in [2.24, 2.45) is 0 Å². The van der Waals surface area contributed by atoms with E-state index in [0.717, 1.165) is 24.3 Å². The van der Waals surface area contributed by atoms with Crippen LogP contribution in [0.2, 0.25) is 5.02 Å². The summed E-state index contributed by atoms with van der Waals surface area (Å²) in [6, 6.07) is 23.0. The van der Waals surface area contributed by atoms with Gasteiger partial charge in [0.2, 0.25) is 0 Å². The molecule has 1 amide bonds. The summed E-state index contributed by atoms with van der Waals surface area (Å²) in [4.78, 5) is 30.3. The van der Waals surface area contributed by atoms with Crippen LogP contribution < -0.4 is 9.80 Å². The minimum absolute atomic E-state index is 0.0542. The molecule has 3 aromatic carbocycles. The number of aliphatic hydroxyl groups excluding tert-OH is 1. The van der Waals surface area contributed by atoms with Crippen molar-refractivity contribution < 1.29 is 14.7 Å². The molecule has 2 saturated heterocycles. The van der Waals surface area contributed by atoms with E-state index in [1.165, 1.54) is 24.2 Å². The second kappa shape index (κ2) is 9.35. The van der Waals surface area contributed by atoms with Crippen LogP contribution in [0.3, 0.4) is 0 Å². The molecule has 0 aromatic heterocycles. The molecule has 2 aliphatic heterocycles. The monoisotopic (exact) mass is 472 g/mol. The average Bonchev–Trinajstić information content (AvgIpc) is 3.15. The largest absolute Gasteiger partial charge is 0.507 e. The van der Waals surface area contributed by atoms with Gasteiger partial charge in [-0.15, -0.1) is 0 Å². The van der Waals surface area contributed by atoms with Gasteiger partial charge in [0.15, 0.2) is 0 Å². The minimum atomic E-state index is -0.749. The summed E-state index contributed by atoms with van der Waals surface area (Å²) in [5, 5.41) is 11.6. The maximum absolute atomic E-state index is 13.3. The molecule has 1 N–H and O–H groups in total. The van der Waals surface area contributed by atoms with Crippen molar-refractivity contribution in [3.8, 4) is 0 Å². The van der Waals surface area contributed by atoms with Crippen molar-refractivity contribution in [3.05, 3.63) is 101 Å². The summed E-state index contributed by atoms with van der Waals surface area (Å²) in [5.74, 6) is -1.61. The van der Waals surface area contributed by atoms with Gasteiger partial charge in [-0.1, -0.05) is 54.1 Å². The van der Waals surface area contributed by atoms with Crippen molar-refractivity contribution in [1.29, 1.82) is 0 Å². The summed E-state index contributed by atoms with van der Waals surface area (Å²) in [5.41, 5.74) is 2.91. The van der Waals surface area contributed by atoms with Crippen molar-refractivity contribution in [2.75, 3.05) is 22.9 Å². The molecule has 5 nitrogen and oxygen atoms in total. The van der Waals surface area contributed by atoms with Crippen molar-refractivity contribution in [1.82, 2.24) is 0 Å². The summed E-state index contributed by atoms with van der Waals surface area (Å²) in [7, 11) is 0. The number of ketones is 1. The topological polar surface area (TPSA) is 60.9 Å². The number of aliphatic hydroxyl groups is 1. The van der Waals surface area contributed by atoms with Gasteiger partial charge in [-0.3, -0.25) is 14.5 Å². The Morgan fingerprint density at radius 2 is 1.50 bits per heavy atom. The Morgan fingerprint density at radius 3 is 2.18 bits per heavy atom. The highest BCUT2D eigenvalue weighted by Crippen LogP contribution is 2.42. The molecule has 0 saturated carbocycles. The standard InChI is InChI=1S/C28H25ClN2O3/c29-21-11-7-10-20(18-21)26(32)24-25(19-8-3-1-4-9-19)31(28(34)27(24)33)23-14-12-22(13-15-23)30-16-5-2-6-17-30/h1,3-4,7-15,18,25,32H,2,5-6,16-17H2/b26-24+. The lowest BCUT2D eigenvalue weighted by atomic mass is 9.95. The zero-order valence-corrected chi connectivity index (χ0v) is 19.4. The van der Waals surface area contributed by atoms with Gasteiger partial charge < -0.3 is 10.0 Å². The molecule has 1 atom stereocenters. The van der Waals surface area contributed by atoms with Crippen molar-refractivity contribution in [3.63, 3.8) is 0 Å². The maximum atomic E-state index is 13.3.